The maximum absolute atomic E-state index is 13.3. The molecule has 2 aromatic rings. The first-order valence-corrected chi connectivity index (χ1v) is 10.8. The van der Waals surface area contributed by atoms with Gasteiger partial charge in [0.1, 0.15) is 23.8 Å². The molecule has 0 N–H and O–H groups in total. The second-order valence-electron chi connectivity index (χ2n) is 7.92. The third kappa shape index (κ3) is 4.43. The molecule has 6 heteroatoms. The number of imide groups is 1. The Hall–Kier alpha value is -3.28. The fourth-order valence-electron chi connectivity index (χ4n) is 4.08. The average Bonchev–Trinajstić information content (AvgIpc) is 3.05. The van der Waals surface area contributed by atoms with Crippen LogP contribution in [-0.4, -0.2) is 55.0 Å². The number of nitrogens with zero attached hydrogens (tertiary/aromatic N) is 2. The first kappa shape index (κ1) is 21.0. The minimum atomic E-state index is -0.243. The minimum absolute atomic E-state index is 0.205. The molecule has 0 aliphatic carbocycles. The molecule has 4 rings (SSSR count). The lowest BCUT2D eigenvalue weighted by atomic mass is 10.0. The van der Waals surface area contributed by atoms with Crippen molar-refractivity contribution in [1.29, 1.82) is 0 Å². The zero-order valence-corrected chi connectivity index (χ0v) is 18.1. The summed E-state index contributed by atoms with van der Waals surface area (Å²) in [6.07, 6.45) is 3.23. The third-order valence-corrected chi connectivity index (χ3v) is 5.80. The number of rotatable bonds is 7. The lowest BCUT2D eigenvalue weighted by Gasteiger charge is -2.29. The van der Waals surface area contributed by atoms with E-state index in [-0.39, 0.29) is 25.0 Å². The van der Waals surface area contributed by atoms with Gasteiger partial charge >= 0.3 is 0 Å². The van der Waals surface area contributed by atoms with Crippen molar-refractivity contribution in [3.63, 3.8) is 0 Å². The molecule has 0 saturated carbocycles. The van der Waals surface area contributed by atoms with Crippen molar-refractivity contribution in [2.75, 3.05) is 33.4 Å². The van der Waals surface area contributed by atoms with Gasteiger partial charge in [-0.2, -0.15) is 0 Å². The van der Waals surface area contributed by atoms with Gasteiger partial charge in [0, 0.05) is 13.1 Å². The number of likely N-dealkylation sites (tertiary alicyclic amines) is 1. The molecular weight excluding hydrogens is 392 g/mol. The Bertz CT molecular complexity index is 974. The van der Waals surface area contributed by atoms with Crippen LogP contribution in [0, 0.1) is 6.92 Å². The van der Waals surface area contributed by atoms with Crippen molar-refractivity contribution in [2.45, 2.75) is 26.2 Å². The van der Waals surface area contributed by atoms with Crippen LogP contribution in [0.3, 0.4) is 0 Å². The lowest BCUT2D eigenvalue weighted by molar-refractivity contribution is -0.138. The van der Waals surface area contributed by atoms with Gasteiger partial charge in [0.25, 0.3) is 11.8 Å². The highest BCUT2D eigenvalue weighted by molar-refractivity contribution is 6.35. The highest BCUT2D eigenvalue weighted by Gasteiger charge is 2.41. The third-order valence-electron chi connectivity index (χ3n) is 5.80. The van der Waals surface area contributed by atoms with Gasteiger partial charge in [-0.3, -0.25) is 14.5 Å². The fraction of sp³-hybridized carbons (Fsp3) is 0.360. The largest absolute Gasteiger partial charge is 0.497 e. The van der Waals surface area contributed by atoms with E-state index in [4.69, 9.17) is 9.47 Å². The number of hydrogen-bond donors (Lipinski definition) is 0. The van der Waals surface area contributed by atoms with Crippen molar-refractivity contribution in [3.05, 3.63) is 65.4 Å². The normalized spacial score (nSPS) is 16.8. The van der Waals surface area contributed by atoms with Gasteiger partial charge < -0.3 is 14.4 Å². The molecule has 0 spiro atoms. The number of carbonyl (C=O) groups excluding carboxylic acids is 2. The van der Waals surface area contributed by atoms with Crippen LogP contribution in [0.4, 0.5) is 0 Å². The Morgan fingerprint density at radius 1 is 0.839 bits per heavy atom. The van der Waals surface area contributed by atoms with Crippen molar-refractivity contribution in [2.24, 2.45) is 0 Å². The second-order valence-corrected chi connectivity index (χ2v) is 7.92. The average molecular weight is 421 g/mol. The van der Waals surface area contributed by atoms with E-state index in [1.54, 1.807) is 7.11 Å². The number of piperidine rings is 1. The maximum Gasteiger partial charge on any atom is 0.277 e. The van der Waals surface area contributed by atoms with Crippen molar-refractivity contribution < 1.29 is 19.1 Å². The molecule has 2 heterocycles. The summed E-state index contributed by atoms with van der Waals surface area (Å²) < 4.78 is 10.9. The van der Waals surface area contributed by atoms with Crippen molar-refractivity contribution in [3.8, 4) is 11.5 Å². The molecule has 6 nitrogen and oxygen atoms in total. The predicted molar refractivity (Wildman–Crippen MR) is 119 cm³/mol. The molecule has 2 aliphatic rings. The molecule has 2 aromatic carbocycles. The summed E-state index contributed by atoms with van der Waals surface area (Å²) in [4.78, 5) is 30.1. The van der Waals surface area contributed by atoms with Crippen LogP contribution < -0.4 is 9.47 Å². The molecule has 0 atom stereocenters. The standard InChI is InChI=1S/C25H28N2O4/c1-18-6-8-19(9-7-18)22-23(26-14-4-3-5-15-26)25(29)27(24(22)28)16-17-31-21-12-10-20(30-2)11-13-21/h6-13H,3-5,14-17H2,1-2H3. The van der Waals surface area contributed by atoms with Crippen LogP contribution in [-0.2, 0) is 9.59 Å². The Morgan fingerprint density at radius 2 is 1.48 bits per heavy atom. The Kier molecular flexibility index (Phi) is 6.26. The zero-order chi connectivity index (χ0) is 21.8. The SMILES string of the molecule is COc1ccc(OCCN2C(=O)C(c3ccc(C)cc3)=C(N3CCCCC3)C2=O)cc1. The Labute approximate surface area is 183 Å². The number of aryl methyl sites for hydroxylation is 1. The summed E-state index contributed by atoms with van der Waals surface area (Å²) in [6.45, 7) is 4.06. The summed E-state index contributed by atoms with van der Waals surface area (Å²) in [5.41, 5.74) is 2.96. The highest BCUT2D eigenvalue weighted by atomic mass is 16.5. The smallest absolute Gasteiger partial charge is 0.277 e. The molecule has 0 radical (unpaired) electrons. The van der Waals surface area contributed by atoms with Crippen LogP contribution in [0.1, 0.15) is 30.4 Å². The minimum Gasteiger partial charge on any atom is -0.497 e. The highest BCUT2D eigenvalue weighted by Crippen LogP contribution is 2.33. The molecule has 162 valence electrons. The van der Waals surface area contributed by atoms with Crippen LogP contribution >= 0.6 is 0 Å². The first-order chi connectivity index (χ1) is 15.1. The monoisotopic (exact) mass is 420 g/mol. The number of ether oxygens (including phenoxy) is 2. The van der Waals surface area contributed by atoms with Gasteiger partial charge in [-0.25, -0.2) is 0 Å². The lowest BCUT2D eigenvalue weighted by Crippen LogP contribution is -2.39. The summed E-state index contributed by atoms with van der Waals surface area (Å²) in [5, 5.41) is 0. The first-order valence-electron chi connectivity index (χ1n) is 10.8. The van der Waals surface area contributed by atoms with E-state index in [0.717, 1.165) is 49.2 Å². The van der Waals surface area contributed by atoms with E-state index in [1.807, 2.05) is 55.5 Å². The molecule has 0 bridgehead atoms. The topological polar surface area (TPSA) is 59.1 Å². The quantitative estimate of drug-likeness (QED) is 0.640. The number of methoxy groups -OCH3 is 1. The van der Waals surface area contributed by atoms with Gasteiger partial charge in [-0.05, 0) is 56.0 Å². The van der Waals surface area contributed by atoms with E-state index in [1.165, 1.54) is 4.90 Å². The molecular formula is C25H28N2O4. The van der Waals surface area contributed by atoms with E-state index < -0.39 is 0 Å². The van der Waals surface area contributed by atoms with E-state index in [9.17, 15) is 9.59 Å². The van der Waals surface area contributed by atoms with E-state index >= 15 is 0 Å². The summed E-state index contributed by atoms with van der Waals surface area (Å²) in [6, 6.07) is 15.0. The maximum atomic E-state index is 13.3. The number of benzene rings is 2. The van der Waals surface area contributed by atoms with Crippen LogP contribution in [0.2, 0.25) is 0 Å². The van der Waals surface area contributed by atoms with Gasteiger partial charge in [0.15, 0.2) is 0 Å². The predicted octanol–water partition coefficient (Wildman–Crippen LogP) is 3.65. The zero-order valence-electron chi connectivity index (χ0n) is 18.1. The number of hydrogen-bond acceptors (Lipinski definition) is 5. The molecule has 31 heavy (non-hydrogen) atoms. The van der Waals surface area contributed by atoms with Crippen molar-refractivity contribution >= 4 is 17.4 Å². The van der Waals surface area contributed by atoms with E-state index in [0.29, 0.717) is 17.0 Å². The van der Waals surface area contributed by atoms with Gasteiger partial charge in [-0.1, -0.05) is 29.8 Å². The summed E-state index contributed by atoms with van der Waals surface area (Å²) in [5.74, 6) is 0.951. The van der Waals surface area contributed by atoms with Gasteiger partial charge in [0.2, 0.25) is 0 Å². The van der Waals surface area contributed by atoms with E-state index in [2.05, 4.69) is 4.90 Å². The van der Waals surface area contributed by atoms with Crippen molar-refractivity contribution in [1.82, 2.24) is 9.80 Å². The molecule has 0 aromatic heterocycles. The molecule has 1 saturated heterocycles. The van der Waals surface area contributed by atoms with Crippen LogP contribution in [0.5, 0.6) is 11.5 Å². The summed E-state index contributed by atoms with van der Waals surface area (Å²) in [7, 11) is 1.61. The Morgan fingerprint density at radius 3 is 2.13 bits per heavy atom. The molecule has 1 fully saturated rings. The number of amides is 2. The fourth-order valence-corrected chi connectivity index (χ4v) is 4.08. The van der Waals surface area contributed by atoms with Gasteiger partial charge in [-0.15, -0.1) is 0 Å². The number of carbonyl (C=O) groups is 2. The Balaban J connectivity index is 1.53. The van der Waals surface area contributed by atoms with Crippen LogP contribution in [0.15, 0.2) is 54.2 Å². The summed E-state index contributed by atoms with van der Waals surface area (Å²) >= 11 is 0. The second kappa shape index (κ2) is 9.25. The van der Waals surface area contributed by atoms with Gasteiger partial charge in [0.05, 0.1) is 19.2 Å². The molecule has 2 aliphatic heterocycles. The molecule has 0 unspecified atom stereocenters. The molecule has 2 amide bonds. The van der Waals surface area contributed by atoms with Crippen LogP contribution in [0.25, 0.3) is 5.57 Å².